The first-order valence-corrected chi connectivity index (χ1v) is 8.06. The number of hydrogen-bond donors (Lipinski definition) is 1. The predicted octanol–water partition coefficient (Wildman–Crippen LogP) is 3.69. The lowest BCUT2D eigenvalue weighted by Gasteiger charge is -2.07. The molecule has 4 heteroatoms. The molecule has 1 aromatic heterocycles. The van der Waals surface area contributed by atoms with Gasteiger partial charge in [0.25, 0.3) is 5.91 Å². The fourth-order valence-electron chi connectivity index (χ4n) is 2.52. The summed E-state index contributed by atoms with van der Waals surface area (Å²) in [6.07, 6.45) is 4.14. The van der Waals surface area contributed by atoms with Crippen LogP contribution in [-0.2, 0) is 17.6 Å². The highest BCUT2D eigenvalue weighted by atomic mass is 16.1. The van der Waals surface area contributed by atoms with Gasteiger partial charge in [0.1, 0.15) is 5.78 Å². The van der Waals surface area contributed by atoms with Crippen LogP contribution in [0.25, 0.3) is 0 Å². The number of pyridine rings is 1. The molecule has 0 aliphatic heterocycles. The van der Waals surface area contributed by atoms with Crippen LogP contribution < -0.4 is 5.32 Å². The van der Waals surface area contributed by atoms with E-state index in [1.807, 2.05) is 54.6 Å². The van der Waals surface area contributed by atoms with Gasteiger partial charge in [0.05, 0.1) is 0 Å². The zero-order chi connectivity index (χ0) is 17.5. The first-order chi connectivity index (χ1) is 12.2. The zero-order valence-corrected chi connectivity index (χ0v) is 13.7. The van der Waals surface area contributed by atoms with E-state index in [9.17, 15) is 9.59 Å². The maximum atomic E-state index is 12.1. The lowest BCUT2D eigenvalue weighted by Crippen LogP contribution is -2.11. The molecular weight excluding hydrogens is 312 g/mol. The van der Waals surface area contributed by atoms with Crippen molar-refractivity contribution in [3.63, 3.8) is 0 Å². The number of nitrogens with zero attached hydrogens (tertiary/aromatic N) is 1. The summed E-state index contributed by atoms with van der Waals surface area (Å²) < 4.78 is 0. The summed E-state index contributed by atoms with van der Waals surface area (Å²) in [6.45, 7) is 0. The Morgan fingerprint density at radius 3 is 2.20 bits per heavy atom. The number of hydrogen-bond acceptors (Lipinski definition) is 3. The molecule has 1 heterocycles. The van der Waals surface area contributed by atoms with Gasteiger partial charge in [-0.3, -0.25) is 14.6 Å². The number of carbonyl (C=O) groups excluding carboxylic acids is 2. The van der Waals surface area contributed by atoms with Crippen LogP contribution in [0.5, 0.6) is 0 Å². The lowest BCUT2D eigenvalue weighted by molar-refractivity contribution is -0.117. The molecule has 2 aromatic carbocycles. The smallest absolute Gasteiger partial charge is 0.255 e. The molecule has 1 N–H and O–H groups in total. The summed E-state index contributed by atoms with van der Waals surface area (Å²) in [5.41, 5.74) is 3.15. The standard InChI is InChI=1S/C21H18N2O2/c24-20(14-17-5-4-12-22-15-17)13-16-8-10-19(11-9-16)23-21(25)18-6-2-1-3-7-18/h1-12,15H,13-14H2,(H,23,25). The highest BCUT2D eigenvalue weighted by molar-refractivity contribution is 6.04. The van der Waals surface area contributed by atoms with Gasteiger partial charge in [-0.15, -0.1) is 0 Å². The average Bonchev–Trinajstić information content (AvgIpc) is 2.65. The van der Waals surface area contributed by atoms with E-state index in [1.54, 1.807) is 24.5 Å². The predicted molar refractivity (Wildman–Crippen MR) is 97.5 cm³/mol. The first kappa shape index (κ1) is 16.6. The van der Waals surface area contributed by atoms with Crippen molar-refractivity contribution in [2.45, 2.75) is 12.8 Å². The Labute approximate surface area is 146 Å². The van der Waals surface area contributed by atoms with E-state index in [1.165, 1.54) is 0 Å². The lowest BCUT2D eigenvalue weighted by atomic mass is 10.0. The van der Waals surface area contributed by atoms with Gasteiger partial charge >= 0.3 is 0 Å². The van der Waals surface area contributed by atoms with Gasteiger partial charge in [0.2, 0.25) is 0 Å². The highest BCUT2D eigenvalue weighted by Crippen LogP contribution is 2.13. The van der Waals surface area contributed by atoms with Crippen LogP contribution in [-0.4, -0.2) is 16.7 Å². The zero-order valence-electron chi connectivity index (χ0n) is 13.7. The fourth-order valence-corrected chi connectivity index (χ4v) is 2.52. The summed E-state index contributed by atoms with van der Waals surface area (Å²) >= 11 is 0. The second-order valence-electron chi connectivity index (χ2n) is 5.77. The minimum Gasteiger partial charge on any atom is -0.322 e. The summed E-state index contributed by atoms with van der Waals surface area (Å²) in [5.74, 6) is -0.0184. The Bertz CT molecular complexity index is 844. The number of rotatable bonds is 6. The summed E-state index contributed by atoms with van der Waals surface area (Å²) in [4.78, 5) is 28.3. The number of nitrogens with one attached hydrogen (secondary N) is 1. The van der Waals surface area contributed by atoms with Crippen molar-refractivity contribution in [2.24, 2.45) is 0 Å². The summed E-state index contributed by atoms with van der Waals surface area (Å²) in [5, 5.41) is 2.85. The third-order valence-corrected chi connectivity index (χ3v) is 3.77. The van der Waals surface area contributed by atoms with E-state index >= 15 is 0 Å². The van der Waals surface area contributed by atoms with Crippen molar-refractivity contribution in [3.05, 3.63) is 95.8 Å². The summed E-state index contributed by atoms with van der Waals surface area (Å²) in [7, 11) is 0. The molecule has 3 rings (SSSR count). The van der Waals surface area contributed by atoms with Crippen LogP contribution in [0.4, 0.5) is 5.69 Å². The number of Topliss-reactive ketones (excluding diaryl/α,β-unsaturated/α-hetero) is 1. The molecule has 0 bridgehead atoms. The molecule has 0 atom stereocenters. The number of carbonyl (C=O) groups is 2. The van der Waals surface area contributed by atoms with Crippen LogP contribution in [0.1, 0.15) is 21.5 Å². The molecule has 0 saturated carbocycles. The van der Waals surface area contributed by atoms with Gasteiger partial charge in [0.15, 0.2) is 0 Å². The molecule has 1 amide bonds. The van der Waals surface area contributed by atoms with E-state index in [2.05, 4.69) is 10.3 Å². The first-order valence-electron chi connectivity index (χ1n) is 8.06. The monoisotopic (exact) mass is 330 g/mol. The number of ketones is 1. The SMILES string of the molecule is O=C(Cc1ccc(NC(=O)c2ccccc2)cc1)Cc1cccnc1. The molecule has 0 aliphatic carbocycles. The number of amides is 1. The van der Waals surface area contributed by atoms with Gasteiger partial charge in [-0.05, 0) is 41.5 Å². The van der Waals surface area contributed by atoms with E-state index in [-0.39, 0.29) is 11.7 Å². The Balaban J connectivity index is 1.57. The van der Waals surface area contributed by atoms with Crippen LogP contribution in [0.2, 0.25) is 0 Å². The minimum atomic E-state index is -0.152. The molecule has 124 valence electrons. The third kappa shape index (κ3) is 4.85. The average molecular weight is 330 g/mol. The largest absolute Gasteiger partial charge is 0.322 e. The van der Waals surface area contributed by atoms with Crippen molar-refractivity contribution < 1.29 is 9.59 Å². The van der Waals surface area contributed by atoms with Crippen molar-refractivity contribution >= 4 is 17.4 Å². The molecule has 25 heavy (non-hydrogen) atoms. The van der Waals surface area contributed by atoms with Gasteiger partial charge in [0, 0.05) is 36.5 Å². The Kier molecular flexibility index (Phi) is 5.32. The normalized spacial score (nSPS) is 10.2. The van der Waals surface area contributed by atoms with Crippen molar-refractivity contribution in [1.82, 2.24) is 4.98 Å². The van der Waals surface area contributed by atoms with E-state index in [0.29, 0.717) is 24.1 Å². The van der Waals surface area contributed by atoms with Gasteiger partial charge < -0.3 is 5.32 Å². The van der Waals surface area contributed by atoms with E-state index in [0.717, 1.165) is 11.1 Å². The Morgan fingerprint density at radius 1 is 0.800 bits per heavy atom. The minimum absolute atomic E-state index is 0.133. The Hall–Kier alpha value is -3.27. The molecule has 0 spiro atoms. The number of benzene rings is 2. The molecule has 4 nitrogen and oxygen atoms in total. The van der Waals surface area contributed by atoms with E-state index < -0.39 is 0 Å². The maximum absolute atomic E-state index is 12.1. The van der Waals surface area contributed by atoms with Crippen LogP contribution >= 0.6 is 0 Å². The third-order valence-electron chi connectivity index (χ3n) is 3.77. The Morgan fingerprint density at radius 2 is 1.52 bits per heavy atom. The van der Waals surface area contributed by atoms with Crippen LogP contribution in [0, 0.1) is 0 Å². The molecule has 0 radical (unpaired) electrons. The summed E-state index contributed by atoms with van der Waals surface area (Å²) in [6, 6.07) is 20.1. The molecule has 3 aromatic rings. The fraction of sp³-hybridized carbons (Fsp3) is 0.0952. The van der Waals surface area contributed by atoms with Crippen LogP contribution in [0.3, 0.4) is 0 Å². The van der Waals surface area contributed by atoms with Gasteiger partial charge in [-0.25, -0.2) is 0 Å². The molecule has 0 saturated heterocycles. The van der Waals surface area contributed by atoms with Crippen molar-refractivity contribution in [3.8, 4) is 0 Å². The maximum Gasteiger partial charge on any atom is 0.255 e. The van der Waals surface area contributed by atoms with E-state index in [4.69, 9.17) is 0 Å². The van der Waals surface area contributed by atoms with Crippen LogP contribution in [0.15, 0.2) is 79.1 Å². The number of anilines is 1. The second kappa shape index (κ2) is 8.02. The molecular formula is C21H18N2O2. The van der Waals surface area contributed by atoms with Gasteiger partial charge in [-0.1, -0.05) is 36.4 Å². The van der Waals surface area contributed by atoms with Crippen molar-refractivity contribution in [1.29, 1.82) is 0 Å². The topological polar surface area (TPSA) is 59.1 Å². The van der Waals surface area contributed by atoms with Crippen molar-refractivity contribution in [2.75, 3.05) is 5.32 Å². The quantitative estimate of drug-likeness (QED) is 0.750. The molecule has 0 unspecified atom stereocenters. The highest BCUT2D eigenvalue weighted by Gasteiger charge is 2.07. The number of aromatic nitrogens is 1. The second-order valence-corrected chi connectivity index (χ2v) is 5.77. The molecule has 0 fully saturated rings. The van der Waals surface area contributed by atoms with Gasteiger partial charge in [-0.2, -0.15) is 0 Å². The molecule has 0 aliphatic rings.